The van der Waals surface area contributed by atoms with Crippen LogP contribution in [0.15, 0.2) is 40.2 Å². The molecule has 0 unspecified atom stereocenters. The summed E-state index contributed by atoms with van der Waals surface area (Å²) in [5, 5.41) is 3.63. The molecule has 2 N–H and O–H groups in total. The average molecular weight is 556 g/mol. The van der Waals surface area contributed by atoms with Gasteiger partial charge in [-0.05, 0) is 49.8 Å². The number of halogens is 4. The van der Waals surface area contributed by atoms with Crippen LogP contribution in [0.1, 0.15) is 48.1 Å². The Kier molecular flexibility index (Phi) is 6.88. The summed E-state index contributed by atoms with van der Waals surface area (Å²) < 4.78 is 83.9. The van der Waals surface area contributed by atoms with Gasteiger partial charge in [0, 0.05) is 36.6 Å². The maximum atomic E-state index is 14.8. The van der Waals surface area contributed by atoms with E-state index in [1.54, 1.807) is 6.07 Å². The Morgan fingerprint density at radius 3 is 2.49 bits per heavy atom. The van der Waals surface area contributed by atoms with Gasteiger partial charge >= 0.3 is 6.18 Å². The Hall–Kier alpha value is -2.77. The smallest absolute Gasteiger partial charge is 0.379 e. The van der Waals surface area contributed by atoms with Gasteiger partial charge in [0.15, 0.2) is 11.6 Å². The van der Waals surface area contributed by atoms with E-state index < -0.39 is 32.6 Å². The fourth-order valence-corrected chi connectivity index (χ4v) is 6.89. The molecule has 0 radical (unpaired) electrons. The van der Waals surface area contributed by atoms with Crippen molar-refractivity contribution in [2.24, 2.45) is 0 Å². The van der Waals surface area contributed by atoms with Crippen LogP contribution < -0.4 is 10.0 Å². The summed E-state index contributed by atoms with van der Waals surface area (Å²) in [5.41, 5.74) is 1.78. The third kappa shape index (κ3) is 5.30. The fourth-order valence-electron chi connectivity index (χ4n) is 5.28. The van der Waals surface area contributed by atoms with Crippen LogP contribution in [0.25, 0.3) is 0 Å². The molecule has 2 aromatic heterocycles. The van der Waals surface area contributed by atoms with E-state index in [1.807, 2.05) is 0 Å². The number of nitrogens with zero attached hydrogens (tertiary/aromatic N) is 3. The molecule has 2 fully saturated rings. The molecule has 7 nitrogen and oxygen atoms in total. The molecule has 0 spiro atoms. The maximum absolute atomic E-state index is 14.8. The molecule has 0 saturated carbocycles. The van der Waals surface area contributed by atoms with E-state index in [0.29, 0.717) is 17.6 Å². The number of pyridine rings is 1. The molecule has 13 heteroatoms. The van der Waals surface area contributed by atoms with Crippen molar-refractivity contribution in [3.63, 3.8) is 0 Å². The number of hydrogen-bond donors (Lipinski definition) is 2. The van der Waals surface area contributed by atoms with E-state index in [-0.39, 0.29) is 35.9 Å². The first kappa shape index (κ1) is 25.9. The van der Waals surface area contributed by atoms with Gasteiger partial charge in [-0.1, -0.05) is 12.1 Å². The van der Waals surface area contributed by atoms with Gasteiger partial charge in [0.05, 0.1) is 22.5 Å². The predicted molar refractivity (Wildman–Crippen MR) is 132 cm³/mol. The van der Waals surface area contributed by atoms with Crippen LogP contribution in [-0.4, -0.2) is 35.4 Å². The maximum Gasteiger partial charge on any atom is 0.416 e. The second-order valence-electron chi connectivity index (χ2n) is 9.32. The molecule has 4 heterocycles. The molecule has 1 aromatic carbocycles. The van der Waals surface area contributed by atoms with Crippen molar-refractivity contribution in [2.75, 3.05) is 10.0 Å². The number of sulfonamides is 1. The first-order valence-corrected chi connectivity index (χ1v) is 14.2. The van der Waals surface area contributed by atoms with Crippen molar-refractivity contribution in [1.82, 2.24) is 14.9 Å². The summed E-state index contributed by atoms with van der Waals surface area (Å²) >= 11 is 1.17. The minimum absolute atomic E-state index is 0.00639. The van der Waals surface area contributed by atoms with E-state index in [9.17, 15) is 26.0 Å². The predicted octanol–water partition coefficient (Wildman–Crippen LogP) is 5.54. The van der Waals surface area contributed by atoms with Crippen LogP contribution in [-0.2, 0) is 29.3 Å². The molecule has 2 aliphatic heterocycles. The lowest BCUT2D eigenvalue weighted by molar-refractivity contribution is -0.138. The highest BCUT2D eigenvalue weighted by molar-refractivity contribution is 7.92. The molecule has 5 rings (SSSR count). The number of hydrogen-bond acceptors (Lipinski definition) is 7. The van der Waals surface area contributed by atoms with Gasteiger partial charge in [-0.25, -0.2) is 14.4 Å². The summed E-state index contributed by atoms with van der Waals surface area (Å²) in [6.45, 7) is 1.69. The van der Waals surface area contributed by atoms with Gasteiger partial charge in [0.25, 0.3) is 10.0 Å². The molecule has 3 aromatic rings. The van der Waals surface area contributed by atoms with Gasteiger partial charge in [-0.3, -0.25) is 9.62 Å². The number of nitrogens with one attached hydrogen (secondary N) is 2. The summed E-state index contributed by atoms with van der Waals surface area (Å²) in [4.78, 5) is 9.93. The van der Waals surface area contributed by atoms with Gasteiger partial charge in [0.2, 0.25) is 5.03 Å². The quantitative estimate of drug-likeness (QED) is 0.355. The van der Waals surface area contributed by atoms with Crippen molar-refractivity contribution in [1.29, 1.82) is 0 Å². The molecule has 37 heavy (non-hydrogen) atoms. The monoisotopic (exact) mass is 555 g/mol. The standard InChI is InChI=1S/C24H25F4N5O2S2/c1-14-21(9-20(25)23(31-14)37(34,35)32-22-12-36-13-30-22)29-10-15-3-2-4-19(24(26,27)28)18(15)11-33-16-5-6-17(33)8-7-16/h2-4,9,12-13,16-17,29,32H,5-8,10-11H2,1H3. The second kappa shape index (κ2) is 9.84. The summed E-state index contributed by atoms with van der Waals surface area (Å²) in [6.07, 6.45) is -0.493. The molecule has 0 amide bonds. The highest BCUT2D eigenvalue weighted by Crippen LogP contribution is 2.41. The molecule has 2 saturated heterocycles. The van der Waals surface area contributed by atoms with E-state index in [1.165, 1.54) is 35.2 Å². The summed E-state index contributed by atoms with van der Waals surface area (Å²) in [7, 11) is -4.32. The lowest BCUT2D eigenvalue weighted by Crippen LogP contribution is -2.30. The van der Waals surface area contributed by atoms with Crippen LogP contribution in [0.4, 0.5) is 29.1 Å². The van der Waals surface area contributed by atoms with E-state index in [2.05, 4.69) is 24.9 Å². The number of rotatable bonds is 8. The average Bonchev–Trinajstić information content (AvgIpc) is 3.57. The third-order valence-electron chi connectivity index (χ3n) is 7.05. The highest BCUT2D eigenvalue weighted by Gasteiger charge is 2.41. The fraction of sp³-hybridized carbons (Fsp3) is 0.417. The Labute approximate surface area is 216 Å². The van der Waals surface area contributed by atoms with Crippen molar-refractivity contribution < 1.29 is 26.0 Å². The summed E-state index contributed by atoms with van der Waals surface area (Å²) in [6, 6.07) is 5.70. The zero-order chi connectivity index (χ0) is 26.4. The molecular weight excluding hydrogens is 530 g/mol. The van der Waals surface area contributed by atoms with Crippen LogP contribution in [0.3, 0.4) is 0 Å². The minimum Gasteiger partial charge on any atom is -0.379 e. The molecule has 198 valence electrons. The van der Waals surface area contributed by atoms with Crippen molar-refractivity contribution in [2.45, 2.75) is 69.0 Å². The number of benzene rings is 1. The van der Waals surface area contributed by atoms with E-state index in [4.69, 9.17) is 0 Å². The first-order chi connectivity index (χ1) is 17.5. The van der Waals surface area contributed by atoms with Gasteiger partial charge < -0.3 is 5.32 Å². The van der Waals surface area contributed by atoms with Crippen molar-refractivity contribution in [3.8, 4) is 0 Å². The Morgan fingerprint density at radius 2 is 1.86 bits per heavy atom. The number of alkyl halides is 3. The van der Waals surface area contributed by atoms with Crippen LogP contribution in [0.2, 0.25) is 0 Å². The molecule has 2 bridgehead atoms. The topological polar surface area (TPSA) is 87.2 Å². The number of aryl methyl sites for hydroxylation is 1. The lowest BCUT2D eigenvalue weighted by Gasteiger charge is -2.26. The van der Waals surface area contributed by atoms with Gasteiger partial charge in [-0.2, -0.15) is 21.6 Å². The Bertz CT molecular complexity index is 1380. The number of thiazole rings is 1. The normalized spacial score (nSPS) is 19.9. The molecule has 0 atom stereocenters. The van der Waals surface area contributed by atoms with Crippen LogP contribution in [0.5, 0.6) is 0 Å². The Balaban J connectivity index is 1.40. The number of anilines is 2. The van der Waals surface area contributed by atoms with Crippen LogP contribution >= 0.6 is 11.3 Å². The van der Waals surface area contributed by atoms with Gasteiger partial charge in [-0.15, -0.1) is 11.3 Å². The molecular formula is C24H25F4N5O2S2. The Morgan fingerprint density at radius 1 is 1.16 bits per heavy atom. The SMILES string of the molecule is Cc1nc(S(=O)(=O)Nc2cscn2)c(F)cc1NCc1cccc(C(F)(F)F)c1CN1C2CCC1CC2. The van der Waals surface area contributed by atoms with Crippen molar-refractivity contribution in [3.05, 3.63) is 63.4 Å². The number of aromatic nitrogens is 2. The minimum atomic E-state index is -4.51. The highest BCUT2D eigenvalue weighted by atomic mass is 32.2. The molecule has 2 aliphatic rings. The zero-order valence-corrected chi connectivity index (χ0v) is 21.5. The molecule has 0 aliphatic carbocycles. The number of fused-ring (bicyclic) bond motifs is 2. The third-order valence-corrected chi connectivity index (χ3v) is 8.91. The second-order valence-corrected chi connectivity index (χ2v) is 11.6. The first-order valence-electron chi connectivity index (χ1n) is 11.8. The zero-order valence-electron chi connectivity index (χ0n) is 19.8. The summed E-state index contributed by atoms with van der Waals surface area (Å²) in [5.74, 6) is -1.04. The van der Waals surface area contributed by atoms with E-state index in [0.717, 1.165) is 37.8 Å². The van der Waals surface area contributed by atoms with Crippen LogP contribution in [0, 0.1) is 12.7 Å². The van der Waals surface area contributed by atoms with E-state index >= 15 is 0 Å². The van der Waals surface area contributed by atoms with Crippen molar-refractivity contribution >= 4 is 32.9 Å². The van der Waals surface area contributed by atoms with Gasteiger partial charge in [0.1, 0.15) is 0 Å². The largest absolute Gasteiger partial charge is 0.416 e. The lowest BCUT2D eigenvalue weighted by atomic mass is 9.99.